The first-order valence-corrected chi connectivity index (χ1v) is 9.65. The van der Waals surface area contributed by atoms with Crippen LogP contribution in [0.1, 0.15) is 5.82 Å². The Hall–Kier alpha value is -2.69. The van der Waals surface area contributed by atoms with Crippen LogP contribution in [0.25, 0.3) is 11.0 Å². The minimum atomic E-state index is 0.358. The van der Waals surface area contributed by atoms with E-state index in [1.165, 1.54) is 0 Å². The number of hydrogen-bond donors (Lipinski definition) is 0. The fraction of sp³-hybridized carbons (Fsp3) is 0.136. The van der Waals surface area contributed by atoms with Crippen LogP contribution in [-0.2, 0) is 13.2 Å². The summed E-state index contributed by atoms with van der Waals surface area (Å²) in [7, 11) is 0. The van der Waals surface area contributed by atoms with Gasteiger partial charge in [-0.05, 0) is 60.7 Å². The Kier molecular flexibility index (Phi) is 5.70. The van der Waals surface area contributed by atoms with Crippen molar-refractivity contribution in [2.75, 3.05) is 6.61 Å². The molecule has 1 aromatic heterocycles. The van der Waals surface area contributed by atoms with Crippen LogP contribution in [0, 0.1) is 0 Å². The minimum absolute atomic E-state index is 0.358. The van der Waals surface area contributed by atoms with E-state index in [1.54, 1.807) is 12.1 Å². The molecule has 0 aliphatic rings. The van der Waals surface area contributed by atoms with Gasteiger partial charge in [0, 0.05) is 10.0 Å². The smallest absolute Gasteiger partial charge is 0.148 e. The number of aromatic nitrogens is 2. The molecule has 0 unspecified atom stereocenters. The molecule has 0 atom stereocenters. The van der Waals surface area contributed by atoms with Gasteiger partial charge in [0.25, 0.3) is 0 Å². The van der Waals surface area contributed by atoms with Gasteiger partial charge in [0.15, 0.2) is 0 Å². The average molecular weight is 413 g/mol. The molecule has 4 nitrogen and oxygen atoms in total. The maximum atomic E-state index is 5.93. The molecule has 0 aliphatic heterocycles. The van der Waals surface area contributed by atoms with Crippen LogP contribution in [0.15, 0.2) is 72.8 Å². The molecule has 4 aromatic rings. The fourth-order valence-corrected chi connectivity index (χ4v) is 3.20. The monoisotopic (exact) mass is 412 g/mol. The van der Waals surface area contributed by atoms with Crippen molar-refractivity contribution in [3.63, 3.8) is 0 Å². The van der Waals surface area contributed by atoms with Gasteiger partial charge >= 0.3 is 0 Å². The van der Waals surface area contributed by atoms with E-state index in [-0.39, 0.29) is 0 Å². The van der Waals surface area contributed by atoms with Crippen molar-refractivity contribution in [3.8, 4) is 11.5 Å². The van der Waals surface area contributed by atoms with Crippen LogP contribution in [0.2, 0.25) is 10.0 Å². The molecule has 0 amide bonds. The Morgan fingerprint density at radius 3 is 2.04 bits per heavy atom. The SMILES string of the molecule is Clc1ccc(OCCn2c(COc3ccc(Cl)cc3)nc3ccccc32)cc1. The number of benzene rings is 3. The van der Waals surface area contributed by atoms with Crippen molar-refractivity contribution in [1.29, 1.82) is 0 Å². The lowest BCUT2D eigenvalue weighted by Gasteiger charge is -2.12. The third kappa shape index (κ3) is 4.41. The molecule has 0 saturated carbocycles. The van der Waals surface area contributed by atoms with Crippen molar-refractivity contribution in [2.24, 2.45) is 0 Å². The number of imidazole rings is 1. The highest BCUT2D eigenvalue weighted by Crippen LogP contribution is 2.20. The second-order valence-electron chi connectivity index (χ2n) is 6.21. The number of rotatable bonds is 7. The Morgan fingerprint density at radius 2 is 1.36 bits per heavy atom. The number of hydrogen-bond acceptors (Lipinski definition) is 3. The highest BCUT2D eigenvalue weighted by atomic mass is 35.5. The molecule has 0 N–H and O–H groups in total. The van der Waals surface area contributed by atoms with E-state index < -0.39 is 0 Å². The Bertz CT molecular complexity index is 1060. The number of halogens is 2. The summed E-state index contributed by atoms with van der Waals surface area (Å²) >= 11 is 11.8. The lowest BCUT2D eigenvalue weighted by Crippen LogP contribution is -2.13. The van der Waals surface area contributed by atoms with Gasteiger partial charge in [-0.2, -0.15) is 0 Å². The molecule has 0 aliphatic carbocycles. The van der Waals surface area contributed by atoms with Crippen molar-refractivity contribution < 1.29 is 9.47 Å². The summed E-state index contributed by atoms with van der Waals surface area (Å²) in [5, 5.41) is 1.37. The topological polar surface area (TPSA) is 36.3 Å². The molecule has 3 aromatic carbocycles. The molecule has 0 bridgehead atoms. The predicted octanol–water partition coefficient (Wildman–Crippen LogP) is 6.00. The summed E-state index contributed by atoms with van der Waals surface area (Å²) in [5.74, 6) is 2.38. The predicted molar refractivity (Wildman–Crippen MR) is 112 cm³/mol. The third-order valence-corrected chi connectivity index (χ3v) is 4.82. The molecule has 1 heterocycles. The first-order chi connectivity index (χ1) is 13.7. The highest BCUT2D eigenvalue weighted by Gasteiger charge is 2.11. The standard InChI is InChI=1S/C22H18Cl2N2O2/c23-16-5-9-18(10-6-16)27-14-13-26-21-4-2-1-3-20(21)25-22(26)15-28-19-11-7-17(24)8-12-19/h1-12H,13-15H2. The summed E-state index contributed by atoms with van der Waals surface area (Å²) in [5.41, 5.74) is 1.99. The molecule has 0 saturated heterocycles. The van der Waals surface area contributed by atoms with E-state index in [0.29, 0.717) is 29.8 Å². The maximum absolute atomic E-state index is 5.93. The van der Waals surface area contributed by atoms with Gasteiger partial charge in [-0.25, -0.2) is 4.98 Å². The van der Waals surface area contributed by atoms with Crippen LogP contribution in [0.5, 0.6) is 11.5 Å². The first kappa shape index (κ1) is 18.7. The number of fused-ring (bicyclic) bond motifs is 1. The normalized spacial score (nSPS) is 10.9. The molecule has 142 valence electrons. The Morgan fingerprint density at radius 1 is 0.750 bits per heavy atom. The summed E-state index contributed by atoms with van der Waals surface area (Å²) in [4.78, 5) is 4.72. The van der Waals surface area contributed by atoms with Gasteiger partial charge in [-0.1, -0.05) is 35.3 Å². The average Bonchev–Trinajstić information content (AvgIpc) is 3.07. The Balaban J connectivity index is 1.49. The van der Waals surface area contributed by atoms with E-state index in [2.05, 4.69) is 10.6 Å². The summed E-state index contributed by atoms with van der Waals surface area (Å²) in [6.45, 7) is 1.52. The van der Waals surface area contributed by atoms with Crippen molar-refractivity contribution in [3.05, 3.63) is 88.7 Å². The molecule has 0 fully saturated rings. The fourth-order valence-electron chi connectivity index (χ4n) is 2.95. The lowest BCUT2D eigenvalue weighted by molar-refractivity contribution is 0.272. The summed E-state index contributed by atoms with van der Waals surface area (Å²) < 4.78 is 13.9. The molecule has 0 spiro atoms. The first-order valence-electron chi connectivity index (χ1n) is 8.90. The van der Waals surface area contributed by atoms with Gasteiger partial charge in [0.1, 0.15) is 30.5 Å². The van der Waals surface area contributed by atoms with Gasteiger partial charge < -0.3 is 14.0 Å². The lowest BCUT2D eigenvalue weighted by atomic mass is 10.3. The van der Waals surface area contributed by atoms with Crippen molar-refractivity contribution >= 4 is 34.2 Å². The third-order valence-electron chi connectivity index (χ3n) is 4.31. The Labute approximate surface area is 173 Å². The summed E-state index contributed by atoms with van der Waals surface area (Å²) in [6, 6.07) is 22.7. The molecular weight excluding hydrogens is 395 g/mol. The zero-order valence-electron chi connectivity index (χ0n) is 15.0. The second kappa shape index (κ2) is 8.55. The number of para-hydroxylation sites is 2. The van der Waals surface area contributed by atoms with Crippen LogP contribution in [-0.4, -0.2) is 16.2 Å². The van der Waals surface area contributed by atoms with Crippen LogP contribution < -0.4 is 9.47 Å². The van der Waals surface area contributed by atoms with Crippen molar-refractivity contribution in [1.82, 2.24) is 9.55 Å². The number of ether oxygens (including phenoxy) is 2. The van der Waals surface area contributed by atoms with Gasteiger partial charge in [0.05, 0.1) is 17.6 Å². The molecular formula is C22H18Cl2N2O2. The maximum Gasteiger partial charge on any atom is 0.148 e. The van der Waals surface area contributed by atoms with E-state index in [1.807, 2.05) is 54.6 Å². The molecule has 4 rings (SSSR count). The van der Waals surface area contributed by atoms with E-state index in [4.69, 9.17) is 37.7 Å². The summed E-state index contributed by atoms with van der Waals surface area (Å²) in [6.07, 6.45) is 0. The van der Waals surface area contributed by atoms with Crippen LogP contribution >= 0.6 is 23.2 Å². The van der Waals surface area contributed by atoms with Crippen LogP contribution in [0.4, 0.5) is 0 Å². The van der Waals surface area contributed by atoms with E-state index in [9.17, 15) is 0 Å². The van der Waals surface area contributed by atoms with Gasteiger partial charge in [-0.15, -0.1) is 0 Å². The largest absolute Gasteiger partial charge is 0.492 e. The zero-order chi connectivity index (χ0) is 19.3. The quantitative estimate of drug-likeness (QED) is 0.373. The molecule has 28 heavy (non-hydrogen) atoms. The van der Waals surface area contributed by atoms with E-state index >= 15 is 0 Å². The molecule has 6 heteroatoms. The van der Waals surface area contributed by atoms with E-state index in [0.717, 1.165) is 28.4 Å². The highest BCUT2D eigenvalue weighted by molar-refractivity contribution is 6.30. The van der Waals surface area contributed by atoms with Crippen molar-refractivity contribution in [2.45, 2.75) is 13.2 Å². The number of nitrogens with zero attached hydrogens (tertiary/aromatic N) is 2. The zero-order valence-corrected chi connectivity index (χ0v) is 16.5. The van der Waals surface area contributed by atoms with Gasteiger partial charge in [0.2, 0.25) is 0 Å². The molecule has 0 radical (unpaired) electrons. The van der Waals surface area contributed by atoms with Gasteiger partial charge in [-0.3, -0.25) is 0 Å². The minimum Gasteiger partial charge on any atom is -0.492 e. The second-order valence-corrected chi connectivity index (χ2v) is 7.09. The van der Waals surface area contributed by atoms with Crippen LogP contribution in [0.3, 0.4) is 0 Å².